The van der Waals surface area contributed by atoms with Crippen molar-refractivity contribution in [2.45, 2.75) is 32.2 Å². The van der Waals surface area contributed by atoms with E-state index in [1.54, 1.807) is 35.2 Å². The van der Waals surface area contributed by atoms with Gasteiger partial charge in [0, 0.05) is 23.1 Å². The molecule has 1 aliphatic rings. The zero-order valence-corrected chi connectivity index (χ0v) is 17.1. The molecule has 1 amide bonds. The van der Waals surface area contributed by atoms with Crippen LogP contribution in [0, 0.1) is 11.3 Å². The highest BCUT2D eigenvalue weighted by atomic mass is 35.5. The van der Waals surface area contributed by atoms with E-state index in [2.05, 4.69) is 6.07 Å². The highest BCUT2D eigenvalue weighted by molar-refractivity contribution is 6.30. The number of nitriles is 1. The van der Waals surface area contributed by atoms with Crippen molar-refractivity contribution in [1.82, 2.24) is 4.90 Å². The molecule has 2 aromatic carbocycles. The molecule has 0 saturated heterocycles. The second-order valence-electron chi connectivity index (χ2n) is 6.81. The van der Waals surface area contributed by atoms with Gasteiger partial charge in [-0.3, -0.25) is 4.79 Å². The molecule has 3 rings (SSSR count). The van der Waals surface area contributed by atoms with Crippen molar-refractivity contribution < 1.29 is 14.3 Å². The third-order valence-electron chi connectivity index (χ3n) is 5.05. The lowest BCUT2D eigenvalue weighted by molar-refractivity contribution is -0.138. The van der Waals surface area contributed by atoms with Crippen LogP contribution in [0.3, 0.4) is 0 Å². The standard InChI is InChI=1S/C23H21ClN2O3/c1-3-20-22(23(28)29-2)19(17-8-5-9-18(24)11-17)12-21(27)26(20)14-16-7-4-6-15(10-16)13-25/h4-11,19H,3,12,14H2,1-2H3. The fourth-order valence-electron chi connectivity index (χ4n) is 3.75. The predicted octanol–water partition coefficient (Wildman–Crippen LogP) is 4.56. The van der Waals surface area contributed by atoms with Crippen molar-refractivity contribution in [2.24, 2.45) is 0 Å². The van der Waals surface area contributed by atoms with Gasteiger partial charge in [0.05, 0.1) is 30.9 Å². The molecule has 2 aromatic rings. The number of hydrogen-bond acceptors (Lipinski definition) is 4. The van der Waals surface area contributed by atoms with Crippen LogP contribution in [0.2, 0.25) is 5.02 Å². The molecular weight excluding hydrogens is 388 g/mol. The number of hydrogen-bond donors (Lipinski definition) is 0. The number of carbonyl (C=O) groups excluding carboxylic acids is 2. The summed E-state index contributed by atoms with van der Waals surface area (Å²) >= 11 is 6.14. The van der Waals surface area contributed by atoms with Crippen LogP contribution >= 0.6 is 11.6 Å². The summed E-state index contributed by atoms with van der Waals surface area (Å²) in [5.41, 5.74) is 3.28. The molecule has 5 nitrogen and oxygen atoms in total. The number of rotatable bonds is 5. The minimum absolute atomic E-state index is 0.0816. The van der Waals surface area contributed by atoms with Crippen LogP contribution in [0.15, 0.2) is 59.8 Å². The van der Waals surface area contributed by atoms with Gasteiger partial charge in [-0.2, -0.15) is 5.26 Å². The number of allylic oxidation sites excluding steroid dienone is 1. The summed E-state index contributed by atoms with van der Waals surface area (Å²) < 4.78 is 5.06. The number of methoxy groups -OCH3 is 1. The molecule has 1 aliphatic heterocycles. The summed E-state index contributed by atoms with van der Waals surface area (Å²) in [4.78, 5) is 27.4. The molecule has 0 fully saturated rings. The SMILES string of the molecule is CCC1=C(C(=O)OC)C(c2cccc(Cl)c2)CC(=O)N1Cc1cccc(C#N)c1. The molecular formula is C23H21ClN2O3. The summed E-state index contributed by atoms with van der Waals surface area (Å²) in [5, 5.41) is 9.69. The highest BCUT2D eigenvalue weighted by Gasteiger charge is 2.37. The van der Waals surface area contributed by atoms with Gasteiger partial charge in [-0.1, -0.05) is 42.8 Å². The second-order valence-corrected chi connectivity index (χ2v) is 7.25. The summed E-state index contributed by atoms with van der Waals surface area (Å²) in [5.74, 6) is -0.942. The minimum Gasteiger partial charge on any atom is -0.466 e. The highest BCUT2D eigenvalue weighted by Crippen LogP contribution is 2.39. The van der Waals surface area contributed by atoms with Gasteiger partial charge in [0.2, 0.25) is 5.91 Å². The molecule has 29 heavy (non-hydrogen) atoms. The molecule has 148 valence electrons. The quantitative estimate of drug-likeness (QED) is 0.679. The number of nitrogens with zero attached hydrogens (tertiary/aromatic N) is 2. The Labute approximate surface area is 175 Å². The van der Waals surface area contributed by atoms with Crippen LogP contribution in [-0.2, 0) is 20.9 Å². The Morgan fingerprint density at radius 3 is 2.69 bits per heavy atom. The number of halogens is 1. The van der Waals surface area contributed by atoms with Crippen LogP contribution in [-0.4, -0.2) is 23.9 Å². The fraction of sp³-hybridized carbons (Fsp3) is 0.261. The van der Waals surface area contributed by atoms with Crippen molar-refractivity contribution in [3.8, 4) is 6.07 Å². The van der Waals surface area contributed by atoms with E-state index in [9.17, 15) is 9.59 Å². The van der Waals surface area contributed by atoms with E-state index in [0.29, 0.717) is 34.8 Å². The third-order valence-corrected chi connectivity index (χ3v) is 5.29. The smallest absolute Gasteiger partial charge is 0.336 e. The Hall–Kier alpha value is -3.10. The van der Waals surface area contributed by atoms with Crippen molar-refractivity contribution in [2.75, 3.05) is 7.11 Å². The Morgan fingerprint density at radius 1 is 1.28 bits per heavy atom. The van der Waals surface area contributed by atoms with Gasteiger partial charge >= 0.3 is 5.97 Å². The fourth-order valence-corrected chi connectivity index (χ4v) is 3.95. The Kier molecular flexibility index (Phi) is 6.36. The maximum absolute atomic E-state index is 13.1. The minimum atomic E-state index is -0.449. The summed E-state index contributed by atoms with van der Waals surface area (Å²) in [7, 11) is 1.34. The molecule has 0 aliphatic carbocycles. The lowest BCUT2D eigenvalue weighted by Gasteiger charge is -2.35. The van der Waals surface area contributed by atoms with E-state index in [1.807, 2.05) is 25.1 Å². The van der Waals surface area contributed by atoms with Gasteiger partial charge in [-0.15, -0.1) is 0 Å². The van der Waals surface area contributed by atoms with E-state index in [0.717, 1.165) is 11.1 Å². The first-order valence-electron chi connectivity index (χ1n) is 9.34. The molecule has 1 heterocycles. The van der Waals surface area contributed by atoms with Crippen molar-refractivity contribution >= 4 is 23.5 Å². The van der Waals surface area contributed by atoms with Crippen LogP contribution in [0.5, 0.6) is 0 Å². The van der Waals surface area contributed by atoms with Gasteiger partial charge in [-0.25, -0.2) is 4.79 Å². The van der Waals surface area contributed by atoms with Crippen molar-refractivity contribution in [3.63, 3.8) is 0 Å². The number of carbonyl (C=O) groups is 2. The van der Waals surface area contributed by atoms with E-state index in [-0.39, 0.29) is 12.3 Å². The van der Waals surface area contributed by atoms with Crippen LogP contribution in [0.25, 0.3) is 0 Å². The molecule has 0 bridgehead atoms. The Morgan fingerprint density at radius 2 is 2.03 bits per heavy atom. The molecule has 1 unspecified atom stereocenters. The summed E-state index contributed by atoms with van der Waals surface area (Å²) in [6, 6.07) is 16.4. The summed E-state index contributed by atoms with van der Waals surface area (Å²) in [6.45, 7) is 2.20. The lowest BCUT2D eigenvalue weighted by Crippen LogP contribution is -2.38. The molecule has 0 spiro atoms. The van der Waals surface area contributed by atoms with Gasteiger partial charge in [-0.05, 0) is 41.8 Å². The largest absolute Gasteiger partial charge is 0.466 e. The predicted molar refractivity (Wildman–Crippen MR) is 110 cm³/mol. The Balaban J connectivity index is 2.08. The van der Waals surface area contributed by atoms with E-state index in [4.69, 9.17) is 21.6 Å². The van der Waals surface area contributed by atoms with Crippen LogP contribution < -0.4 is 0 Å². The molecule has 0 radical (unpaired) electrons. The van der Waals surface area contributed by atoms with E-state index < -0.39 is 11.9 Å². The monoisotopic (exact) mass is 408 g/mol. The lowest BCUT2D eigenvalue weighted by atomic mass is 9.82. The first kappa shape index (κ1) is 20.6. The Bertz CT molecular complexity index is 1020. The van der Waals surface area contributed by atoms with Gasteiger partial charge in [0.1, 0.15) is 0 Å². The van der Waals surface area contributed by atoms with Crippen LogP contribution in [0.1, 0.15) is 42.4 Å². The van der Waals surface area contributed by atoms with Crippen molar-refractivity contribution in [3.05, 3.63) is 81.5 Å². The topological polar surface area (TPSA) is 70.4 Å². The van der Waals surface area contributed by atoms with Gasteiger partial charge in [0.25, 0.3) is 0 Å². The third kappa shape index (κ3) is 4.33. The van der Waals surface area contributed by atoms with E-state index >= 15 is 0 Å². The molecule has 0 saturated carbocycles. The van der Waals surface area contributed by atoms with E-state index in [1.165, 1.54) is 7.11 Å². The molecule has 0 N–H and O–H groups in total. The zero-order valence-electron chi connectivity index (χ0n) is 16.3. The average molecular weight is 409 g/mol. The van der Waals surface area contributed by atoms with Crippen LogP contribution in [0.4, 0.5) is 0 Å². The average Bonchev–Trinajstić information content (AvgIpc) is 2.74. The number of benzene rings is 2. The zero-order chi connectivity index (χ0) is 21.0. The number of esters is 1. The number of amides is 1. The maximum Gasteiger partial charge on any atom is 0.336 e. The normalized spacial score (nSPS) is 16.6. The van der Waals surface area contributed by atoms with Gasteiger partial charge in [0.15, 0.2) is 0 Å². The molecule has 0 aromatic heterocycles. The van der Waals surface area contributed by atoms with Gasteiger partial charge < -0.3 is 9.64 Å². The first-order valence-corrected chi connectivity index (χ1v) is 9.72. The second kappa shape index (κ2) is 8.93. The summed E-state index contributed by atoms with van der Waals surface area (Å²) in [6.07, 6.45) is 0.636. The first-order chi connectivity index (χ1) is 14.0. The number of ether oxygens (including phenoxy) is 1. The maximum atomic E-state index is 13.1. The molecule has 1 atom stereocenters. The van der Waals surface area contributed by atoms with Crippen molar-refractivity contribution in [1.29, 1.82) is 5.26 Å². The molecule has 6 heteroatoms.